The number of aryl methyl sites for hydroxylation is 2. The Morgan fingerprint density at radius 2 is 1.83 bits per heavy atom. The average molecular weight is 323 g/mol. The van der Waals surface area contributed by atoms with Crippen molar-refractivity contribution >= 4 is 17.4 Å². The van der Waals surface area contributed by atoms with E-state index in [1.807, 2.05) is 31.2 Å². The van der Waals surface area contributed by atoms with Gasteiger partial charge in [0.2, 0.25) is 0 Å². The third kappa shape index (κ3) is 3.75. The van der Waals surface area contributed by atoms with Gasteiger partial charge in [-0.25, -0.2) is 4.98 Å². The Balaban J connectivity index is 1.84. The summed E-state index contributed by atoms with van der Waals surface area (Å²) in [6, 6.07) is 9.75. The van der Waals surface area contributed by atoms with Crippen LogP contribution in [0.4, 0.5) is 11.5 Å². The molecule has 126 valence electrons. The molecule has 0 spiro atoms. The lowest BCUT2D eigenvalue weighted by Gasteiger charge is -2.23. The van der Waals surface area contributed by atoms with E-state index in [4.69, 9.17) is 0 Å². The summed E-state index contributed by atoms with van der Waals surface area (Å²) in [5, 5.41) is 3.04. The van der Waals surface area contributed by atoms with Crippen LogP contribution < -0.4 is 10.2 Å². The monoisotopic (exact) mass is 323 g/mol. The van der Waals surface area contributed by atoms with Crippen molar-refractivity contribution in [2.45, 2.75) is 39.5 Å². The number of anilines is 2. The highest BCUT2D eigenvalue weighted by Crippen LogP contribution is 2.23. The van der Waals surface area contributed by atoms with Crippen LogP contribution in [0.25, 0.3) is 0 Å². The Hall–Kier alpha value is -2.36. The van der Waals surface area contributed by atoms with E-state index in [-0.39, 0.29) is 5.91 Å². The largest absolute Gasteiger partial charge is 0.356 e. The third-order valence-corrected chi connectivity index (χ3v) is 4.57. The zero-order valence-corrected chi connectivity index (χ0v) is 14.5. The average Bonchev–Trinajstić information content (AvgIpc) is 2.86. The molecule has 1 amide bonds. The summed E-state index contributed by atoms with van der Waals surface area (Å²) in [6.07, 6.45) is 6.61. The van der Waals surface area contributed by atoms with E-state index in [1.54, 1.807) is 6.20 Å². The molecule has 1 aliphatic heterocycles. The lowest BCUT2D eigenvalue weighted by atomic mass is 10.1. The van der Waals surface area contributed by atoms with Gasteiger partial charge in [0.05, 0.1) is 5.56 Å². The summed E-state index contributed by atoms with van der Waals surface area (Å²) in [6.45, 7) is 6.01. The molecule has 0 aliphatic carbocycles. The van der Waals surface area contributed by atoms with E-state index in [0.717, 1.165) is 43.0 Å². The summed E-state index contributed by atoms with van der Waals surface area (Å²) in [7, 11) is 0. The summed E-state index contributed by atoms with van der Waals surface area (Å²) >= 11 is 0. The number of benzene rings is 1. The van der Waals surface area contributed by atoms with Crippen LogP contribution in [0.5, 0.6) is 0 Å². The van der Waals surface area contributed by atoms with Crippen molar-refractivity contribution in [1.82, 2.24) is 4.98 Å². The SMILES string of the molecule is Cc1ccc(NC(=O)c2cccnc2N2CCCCCC2)c(C)c1. The molecule has 3 rings (SSSR count). The summed E-state index contributed by atoms with van der Waals surface area (Å²) in [5.74, 6) is 0.718. The van der Waals surface area contributed by atoms with Crippen LogP contribution in [0.15, 0.2) is 36.5 Å². The first-order valence-corrected chi connectivity index (χ1v) is 8.74. The van der Waals surface area contributed by atoms with Gasteiger partial charge in [-0.2, -0.15) is 0 Å². The molecule has 1 fully saturated rings. The maximum absolute atomic E-state index is 12.8. The maximum atomic E-state index is 12.8. The number of carbonyl (C=O) groups excluding carboxylic acids is 1. The number of rotatable bonds is 3. The van der Waals surface area contributed by atoms with Crippen molar-refractivity contribution in [3.8, 4) is 0 Å². The highest BCUT2D eigenvalue weighted by molar-refractivity contribution is 6.07. The number of carbonyl (C=O) groups is 1. The molecular formula is C20H25N3O. The van der Waals surface area contributed by atoms with Gasteiger partial charge >= 0.3 is 0 Å². The first-order valence-electron chi connectivity index (χ1n) is 8.74. The smallest absolute Gasteiger partial charge is 0.259 e. The van der Waals surface area contributed by atoms with Crippen LogP contribution in [0.1, 0.15) is 47.2 Å². The quantitative estimate of drug-likeness (QED) is 0.914. The van der Waals surface area contributed by atoms with Gasteiger partial charge < -0.3 is 10.2 Å². The van der Waals surface area contributed by atoms with E-state index in [0.29, 0.717) is 5.56 Å². The highest BCUT2D eigenvalue weighted by Gasteiger charge is 2.19. The molecule has 0 bridgehead atoms. The molecule has 0 radical (unpaired) electrons. The number of nitrogens with one attached hydrogen (secondary N) is 1. The van der Waals surface area contributed by atoms with Gasteiger partial charge in [-0.05, 0) is 50.5 Å². The minimum absolute atomic E-state index is 0.0886. The first kappa shape index (κ1) is 16.5. The van der Waals surface area contributed by atoms with E-state index < -0.39 is 0 Å². The lowest BCUT2D eigenvalue weighted by molar-refractivity contribution is 0.102. The molecule has 0 saturated carbocycles. The van der Waals surface area contributed by atoms with Crippen LogP contribution >= 0.6 is 0 Å². The molecule has 4 heteroatoms. The normalized spacial score (nSPS) is 15.0. The molecule has 1 aromatic carbocycles. The standard InChI is InChI=1S/C20H25N3O/c1-15-9-10-18(16(2)14-15)22-20(24)17-8-7-11-21-19(17)23-12-5-3-4-6-13-23/h7-11,14H,3-6,12-13H2,1-2H3,(H,22,24). The van der Waals surface area contributed by atoms with E-state index in [2.05, 4.69) is 28.2 Å². The second kappa shape index (κ2) is 7.47. The van der Waals surface area contributed by atoms with Gasteiger partial charge in [-0.1, -0.05) is 30.5 Å². The predicted molar refractivity (Wildman–Crippen MR) is 98.8 cm³/mol. The van der Waals surface area contributed by atoms with Crippen LogP contribution in [0.3, 0.4) is 0 Å². The van der Waals surface area contributed by atoms with Crippen LogP contribution in [0, 0.1) is 13.8 Å². The summed E-state index contributed by atoms with van der Waals surface area (Å²) < 4.78 is 0. The summed E-state index contributed by atoms with van der Waals surface area (Å²) in [5.41, 5.74) is 3.77. The van der Waals surface area contributed by atoms with Gasteiger partial charge in [-0.3, -0.25) is 4.79 Å². The summed E-state index contributed by atoms with van der Waals surface area (Å²) in [4.78, 5) is 19.6. The number of aromatic nitrogens is 1. The molecule has 1 N–H and O–H groups in total. The van der Waals surface area contributed by atoms with Gasteiger partial charge in [-0.15, -0.1) is 0 Å². The molecule has 24 heavy (non-hydrogen) atoms. The number of hydrogen-bond acceptors (Lipinski definition) is 3. The zero-order valence-electron chi connectivity index (χ0n) is 14.5. The minimum Gasteiger partial charge on any atom is -0.356 e. The van der Waals surface area contributed by atoms with Crippen molar-refractivity contribution < 1.29 is 4.79 Å². The predicted octanol–water partition coefficient (Wildman–Crippen LogP) is 4.33. The van der Waals surface area contributed by atoms with Gasteiger partial charge in [0, 0.05) is 25.0 Å². The van der Waals surface area contributed by atoms with Crippen molar-refractivity contribution in [2.24, 2.45) is 0 Å². The lowest BCUT2D eigenvalue weighted by Crippen LogP contribution is -2.28. The topological polar surface area (TPSA) is 45.2 Å². The van der Waals surface area contributed by atoms with E-state index in [9.17, 15) is 4.79 Å². The molecule has 1 saturated heterocycles. The third-order valence-electron chi connectivity index (χ3n) is 4.57. The van der Waals surface area contributed by atoms with Crippen molar-refractivity contribution in [2.75, 3.05) is 23.3 Å². The highest BCUT2D eigenvalue weighted by atomic mass is 16.1. The number of amides is 1. The van der Waals surface area contributed by atoms with Crippen molar-refractivity contribution in [3.05, 3.63) is 53.2 Å². The van der Waals surface area contributed by atoms with Gasteiger partial charge in [0.25, 0.3) is 5.91 Å². The fourth-order valence-corrected chi connectivity index (χ4v) is 3.25. The van der Waals surface area contributed by atoms with E-state index in [1.165, 1.54) is 18.4 Å². The number of hydrogen-bond donors (Lipinski definition) is 1. The molecular weight excluding hydrogens is 298 g/mol. The fraction of sp³-hybridized carbons (Fsp3) is 0.400. The Labute approximate surface area is 143 Å². The molecule has 0 atom stereocenters. The number of nitrogens with zero attached hydrogens (tertiary/aromatic N) is 2. The van der Waals surface area contributed by atoms with Crippen LogP contribution in [0.2, 0.25) is 0 Å². The molecule has 1 aliphatic rings. The Bertz CT molecular complexity index is 719. The molecule has 1 aromatic heterocycles. The van der Waals surface area contributed by atoms with Crippen LogP contribution in [-0.4, -0.2) is 24.0 Å². The van der Waals surface area contributed by atoms with Crippen molar-refractivity contribution in [3.63, 3.8) is 0 Å². The second-order valence-electron chi connectivity index (χ2n) is 6.55. The molecule has 2 heterocycles. The molecule has 2 aromatic rings. The zero-order chi connectivity index (χ0) is 16.9. The fourth-order valence-electron chi connectivity index (χ4n) is 3.25. The minimum atomic E-state index is -0.0886. The first-order chi connectivity index (χ1) is 11.6. The Morgan fingerprint density at radius 1 is 1.08 bits per heavy atom. The molecule has 0 unspecified atom stereocenters. The van der Waals surface area contributed by atoms with Crippen LogP contribution in [-0.2, 0) is 0 Å². The Kier molecular flexibility index (Phi) is 5.14. The van der Waals surface area contributed by atoms with Gasteiger partial charge in [0.1, 0.15) is 5.82 Å². The second-order valence-corrected chi connectivity index (χ2v) is 6.55. The maximum Gasteiger partial charge on any atom is 0.259 e. The number of pyridine rings is 1. The van der Waals surface area contributed by atoms with Crippen molar-refractivity contribution in [1.29, 1.82) is 0 Å². The Morgan fingerprint density at radius 3 is 2.54 bits per heavy atom. The van der Waals surface area contributed by atoms with E-state index >= 15 is 0 Å². The molecule has 4 nitrogen and oxygen atoms in total. The van der Waals surface area contributed by atoms with Gasteiger partial charge in [0.15, 0.2) is 0 Å².